The first-order valence-electron chi connectivity index (χ1n) is 6.40. The molecule has 1 heterocycles. The van der Waals surface area contributed by atoms with Gasteiger partial charge in [0, 0.05) is 25.6 Å². The Balaban J connectivity index is 1.77. The topological polar surface area (TPSA) is 38.2 Å². The van der Waals surface area contributed by atoms with Gasteiger partial charge in [0.25, 0.3) is 0 Å². The van der Waals surface area contributed by atoms with Crippen LogP contribution in [-0.2, 0) is 4.74 Å². The lowest BCUT2D eigenvalue weighted by Gasteiger charge is -2.62. The monoisotopic (exact) mass is 251 g/mol. The molecule has 0 aromatic carbocycles. The second-order valence-corrected chi connectivity index (χ2v) is 5.37. The van der Waals surface area contributed by atoms with E-state index in [2.05, 4.69) is 14.9 Å². The Morgan fingerprint density at radius 1 is 1.39 bits per heavy atom. The summed E-state index contributed by atoms with van der Waals surface area (Å²) in [6, 6.07) is 0.418. The van der Waals surface area contributed by atoms with E-state index in [1.54, 1.807) is 7.11 Å². The van der Waals surface area contributed by atoms with Gasteiger partial charge in [-0.15, -0.1) is 0 Å². The molecule has 2 saturated carbocycles. The van der Waals surface area contributed by atoms with Gasteiger partial charge in [0.1, 0.15) is 0 Å². The number of aromatic nitrogens is 2. The van der Waals surface area contributed by atoms with Crippen LogP contribution in [0, 0.1) is 11.2 Å². The second-order valence-electron chi connectivity index (χ2n) is 5.37. The van der Waals surface area contributed by atoms with Gasteiger partial charge in [0.15, 0.2) is 5.82 Å². The molecule has 1 aromatic heterocycles. The molecule has 0 N–H and O–H groups in total. The minimum Gasteiger partial charge on any atom is -0.381 e. The first-order valence-corrected chi connectivity index (χ1v) is 6.40. The van der Waals surface area contributed by atoms with Crippen LogP contribution in [0.5, 0.6) is 0 Å². The molecule has 0 amide bonds. The molecule has 1 aromatic rings. The van der Waals surface area contributed by atoms with E-state index < -0.39 is 5.82 Å². The summed E-state index contributed by atoms with van der Waals surface area (Å²) in [5, 5.41) is 0. The van der Waals surface area contributed by atoms with E-state index in [9.17, 15) is 4.39 Å². The number of methoxy groups -OCH3 is 1. The predicted molar refractivity (Wildman–Crippen MR) is 65.9 cm³/mol. The Morgan fingerprint density at radius 2 is 2.06 bits per heavy atom. The maximum atomic E-state index is 12.8. The summed E-state index contributed by atoms with van der Waals surface area (Å²) in [6.45, 7) is 0. The first kappa shape index (κ1) is 11.8. The standard InChI is InChI=1S/C13H18FN3O/c1-17(12-15-7-9(14)8-16-12)10-6-11(18-2)13(10)4-3-5-13/h7-8,10-11H,3-6H2,1-2H3. The molecule has 3 rings (SSSR count). The van der Waals surface area contributed by atoms with Crippen LogP contribution in [0.1, 0.15) is 25.7 Å². The highest BCUT2D eigenvalue weighted by molar-refractivity contribution is 5.34. The van der Waals surface area contributed by atoms with Crippen molar-refractivity contribution in [3.63, 3.8) is 0 Å². The van der Waals surface area contributed by atoms with Crippen molar-refractivity contribution in [2.45, 2.75) is 37.8 Å². The zero-order valence-corrected chi connectivity index (χ0v) is 10.8. The van der Waals surface area contributed by atoms with Crippen LogP contribution < -0.4 is 4.90 Å². The van der Waals surface area contributed by atoms with Crippen molar-refractivity contribution >= 4 is 5.95 Å². The van der Waals surface area contributed by atoms with Gasteiger partial charge in [-0.3, -0.25) is 0 Å². The fraction of sp³-hybridized carbons (Fsp3) is 0.692. The third kappa shape index (κ3) is 1.53. The Hall–Kier alpha value is -1.23. The van der Waals surface area contributed by atoms with Crippen molar-refractivity contribution in [1.29, 1.82) is 0 Å². The highest BCUT2D eigenvalue weighted by Crippen LogP contribution is 2.58. The van der Waals surface area contributed by atoms with Crippen LogP contribution >= 0.6 is 0 Å². The molecule has 2 atom stereocenters. The van der Waals surface area contributed by atoms with Crippen LogP contribution in [0.4, 0.5) is 10.3 Å². The molecule has 98 valence electrons. The fourth-order valence-corrected chi connectivity index (χ4v) is 3.47. The molecule has 0 bridgehead atoms. The van der Waals surface area contributed by atoms with E-state index in [1.165, 1.54) is 31.7 Å². The van der Waals surface area contributed by atoms with Crippen molar-refractivity contribution in [1.82, 2.24) is 9.97 Å². The lowest BCUT2D eigenvalue weighted by atomic mass is 9.50. The van der Waals surface area contributed by atoms with Gasteiger partial charge in [-0.05, 0) is 19.3 Å². The largest absolute Gasteiger partial charge is 0.381 e. The first-order chi connectivity index (χ1) is 8.67. The van der Waals surface area contributed by atoms with Gasteiger partial charge in [0.2, 0.25) is 5.95 Å². The van der Waals surface area contributed by atoms with E-state index in [0.29, 0.717) is 18.1 Å². The highest BCUT2D eigenvalue weighted by Gasteiger charge is 2.60. The van der Waals surface area contributed by atoms with Crippen LogP contribution in [0.2, 0.25) is 0 Å². The van der Waals surface area contributed by atoms with Crippen LogP contribution in [-0.4, -0.2) is 36.3 Å². The highest BCUT2D eigenvalue weighted by atomic mass is 19.1. The van der Waals surface area contributed by atoms with E-state index in [0.717, 1.165) is 6.42 Å². The normalized spacial score (nSPS) is 28.6. The molecule has 0 aliphatic heterocycles. The van der Waals surface area contributed by atoms with Gasteiger partial charge in [-0.2, -0.15) is 0 Å². The zero-order chi connectivity index (χ0) is 12.8. The maximum Gasteiger partial charge on any atom is 0.225 e. The fourth-order valence-electron chi connectivity index (χ4n) is 3.47. The predicted octanol–water partition coefficient (Wildman–Crippen LogP) is 2.01. The Kier molecular flexibility index (Phi) is 2.73. The Bertz CT molecular complexity index is 432. The molecule has 18 heavy (non-hydrogen) atoms. The summed E-state index contributed by atoms with van der Waals surface area (Å²) in [6.07, 6.45) is 7.50. The third-order valence-corrected chi connectivity index (χ3v) is 4.70. The van der Waals surface area contributed by atoms with Crippen molar-refractivity contribution in [2.75, 3.05) is 19.1 Å². The number of hydrogen-bond donors (Lipinski definition) is 0. The summed E-state index contributed by atoms with van der Waals surface area (Å²) in [4.78, 5) is 10.2. The van der Waals surface area contributed by atoms with Crippen molar-refractivity contribution in [3.05, 3.63) is 18.2 Å². The smallest absolute Gasteiger partial charge is 0.225 e. The van der Waals surface area contributed by atoms with Gasteiger partial charge in [-0.25, -0.2) is 14.4 Å². The third-order valence-electron chi connectivity index (χ3n) is 4.70. The summed E-state index contributed by atoms with van der Waals surface area (Å²) in [5.41, 5.74) is 0.279. The molecule has 2 fully saturated rings. The average Bonchev–Trinajstić information content (AvgIpc) is 2.27. The van der Waals surface area contributed by atoms with Crippen LogP contribution in [0.15, 0.2) is 12.4 Å². The Morgan fingerprint density at radius 3 is 2.56 bits per heavy atom. The van der Waals surface area contributed by atoms with Gasteiger partial charge in [-0.1, -0.05) is 6.42 Å². The SMILES string of the molecule is COC1CC(N(C)c2ncc(F)cn2)C12CCC2. The molecule has 5 heteroatoms. The van der Waals surface area contributed by atoms with Gasteiger partial charge in [0.05, 0.1) is 18.5 Å². The van der Waals surface area contributed by atoms with E-state index in [-0.39, 0.29) is 5.41 Å². The quantitative estimate of drug-likeness (QED) is 0.823. The van der Waals surface area contributed by atoms with Crippen molar-refractivity contribution < 1.29 is 9.13 Å². The van der Waals surface area contributed by atoms with Crippen LogP contribution in [0.3, 0.4) is 0 Å². The molecule has 1 spiro atoms. The van der Waals surface area contributed by atoms with Crippen molar-refractivity contribution in [2.24, 2.45) is 5.41 Å². The van der Waals surface area contributed by atoms with Gasteiger partial charge >= 0.3 is 0 Å². The molecule has 0 saturated heterocycles. The number of rotatable bonds is 3. The van der Waals surface area contributed by atoms with Gasteiger partial charge < -0.3 is 9.64 Å². The second kappa shape index (κ2) is 4.16. The number of ether oxygens (including phenoxy) is 1. The Labute approximate surface area is 106 Å². The number of anilines is 1. The van der Waals surface area contributed by atoms with E-state index in [1.807, 2.05) is 7.05 Å². The maximum absolute atomic E-state index is 12.8. The molecule has 2 aliphatic rings. The lowest BCUT2D eigenvalue weighted by molar-refractivity contribution is -0.152. The molecular weight excluding hydrogens is 233 g/mol. The molecule has 2 unspecified atom stereocenters. The summed E-state index contributed by atoms with van der Waals surface area (Å²) < 4.78 is 18.4. The van der Waals surface area contributed by atoms with E-state index in [4.69, 9.17) is 4.74 Å². The van der Waals surface area contributed by atoms with Crippen LogP contribution in [0.25, 0.3) is 0 Å². The summed E-state index contributed by atoms with van der Waals surface area (Å²) in [5.74, 6) is 0.205. The number of nitrogens with zero attached hydrogens (tertiary/aromatic N) is 3. The van der Waals surface area contributed by atoms with E-state index >= 15 is 0 Å². The summed E-state index contributed by atoms with van der Waals surface area (Å²) in [7, 11) is 3.78. The number of halogens is 1. The molecular formula is C13H18FN3O. The molecule has 2 aliphatic carbocycles. The minimum absolute atomic E-state index is 0.279. The number of hydrogen-bond acceptors (Lipinski definition) is 4. The van der Waals surface area contributed by atoms with Crippen molar-refractivity contribution in [3.8, 4) is 0 Å². The molecule has 4 nitrogen and oxygen atoms in total. The lowest BCUT2D eigenvalue weighted by Crippen LogP contribution is -2.67. The average molecular weight is 251 g/mol. The summed E-state index contributed by atoms with van der Waals surface area (Å²) >= 11 is 0. The zero-order valence-electron chi connectivity index (χ0n) is 10.8. The molecule has 0 radical (unpaired) electrons. The minimum atomic E-state index is -0.395.